The molecule has 0 fully saturated rings. The molecular weight excluding hydrogens is 244 g/mol. The Morgan fingerprint density at radius 2 is 1.55 bits per heavy atom. The molecular formula is C18H24N2. The summed E-state index contributed by atoms with van der Waals surface area (Å²) in [5.41, 5.74) is 4.02. The van der Waals surface area contributed by atoms with Crippen molar-refractivity contribution in [2.75, 3.05) is 6.54 Å². The van der Waals surface area contributed by atoms with Crippen molar-refractivity contribution in [1.29, 1.82) is 0 Å². The fourth-order valence-corrected chi connectivity index (χ4v) is 2.44. The van der Waals surface area contributed by atoms with Gasteiger partial charge in [0.25, 0.3) is 0 Å². The first-order valence-electron chi connectivity index (χ1n) is 7.57. The molecule has 0 saturated heterocycles. The summed E-state index contributed by atoms with van der Waals surface area (Å²) in [5, 5.41) is 3.63. The maximum absolute atomic E-state index is 4.11. The summed E-state index contributed by atoms with van der Waals surface area (Å²) in [4.78, 5) is 4.11. The van der Waals surface area contributed by atoms with Gasteiger partial charge in [0, 0.05) is 12.4 Å². The van der Waals surface area contributed by atoms with E-state index in [0.29, 0.717) is 0 Å². The van der Waals surface area contributed by atoms with E-state index in [9.17, 15) is 0 Å². The van der Waals surface area contributed by atoms with Crippen molar-refractivity contribution in [3.05, 3.63) is 65.5 Å². The number of rotatable bonds is 7. The van der Waals surface area contributed by atoms with Crippen molar-refractivity contribution in [3.8, 4) is 0 Å². The van der Waals surface area contributed by atoms with Gasteiger partial charge in [0.1, 0.15) is 0 Å². The van der Waals surface area contributed by atoms with E-state index >= 15 is 0 Å². The van der Waals surface area contributed by atoms with E-state index in [1.807, 2.05) is 12.4 Å². The largest absolute Gasteiger partial charge is 0.306 e. The van der Waals surface area contributed by atoms with Crippen LogP contribution in [0, 0.1) is 0 Å². The molecule has 2 rings (SSSR count). The lowest BCUT2D eigenvalue weighted by Crippen LogP contribution is -2.23. The third-order valence-corrected chi connectivity index (χ3v) is 3.49. The highest BCUT2D eigenvalue weighted by Crippen LogP contribution is 2.22. The first-order valence-corrected chi connectivity index (χ1v) is 7.57. The molecule has 0 saturated carbocycles. The molecule has 0 aliphatic carbocycles. The van der Waals surface area contributed by atoms with Gasteiger partial charge in [0.05, 0.1) is 6.04 Å². The molecule has 0 spiro atoms. The van der Waals surface area contributed by atoms with E-state index in [1.165, 1.54) is 23.1 Å². The number of pyridine rings is 1. The van der Waals surface area contributed by atoms with Crippen LogP contribution in [0.15, 0.2) is 48.8 Å². The normalized spacial score (nSPS) is 12.3. The second kappa shape index (κ2) is 7.81. The van der Waals surface area contributed by atoms with Gasteiger partial charge in [0.15, 0.2) is 0 Å². The number of aromatic nitrogens is 1. The lowest BCUT2D eigenvalue weighted by molar-refractivity contribution is 0.598. The van der Waals surface area contributed by atoms with E-state index < -0.39 is 0 Å². The van der Waals surface area contributed by atoms with Crippen molar-refractivity contribution in [3.63, 3.8) is 0 Å². The summed E-state index contributed by atoms with van der Waals surface area (Å²) >= 11 is 0. The quantitative estimate of drug-likeness (QED) is 0.817. The monoisotopic (exact) mass is 268 g/mol. The molecule has 2 heteroatoms. The number of benzene rings is 1. The van der Waals surface area contributed by atoms with Crippen LogP contribution in [0.25, 0.3) is 0 Å². The Bertz CT molecular complexity index is 491. The van der Waals surface area contributed by atoms with Gasteiger partial charge >= 0.3 is 0 Å². The van der Waals surface area contributed by atoms with Crippen molar-refractivity contribution < 1.29 is 0 Å². The van der Waals surface area contributed by atoms with Crippen LogP contribution in [0.2, 0.25) is 0 Å². The van der Waals surface area contributed by atoms with E-state index in [1.54, 1.807) is 0 Å². The average molecular weight is 268 g/mol. The minimum absolute atomic E-state index is 0.258. The van der Waals surface area contributed by atoms with E-state index in [2.05, 4.69) is 60.5 Å². The molecule has 1 heterocycles. The number of nitrogens with one attached hydrogen (secondary N) is 1. The Balaban J connectivity index is 2.22. The zero-order valence-corrected chi connectivity index (χ0v) is 12.5. The molecule has 0 aliphatic rings. The molecule has 0 aliphatic heterocycles. The topological polar surface area (TPSA) is 24.9 Å². The fraction of sp³-hybridized carbons (Fsp3) is 0.389. The van der Waals surface area contributed by atoms with Crippen LogP contribution in [0.3, 0.4) is 0 Å². The van der Waals surface area contributed by atoms with Crippen molar-refractivity contribution in [1.82, 2.24) is 10.3 Å². The van der Waals surface area contributed by atoms with Crippen LogP contribution >= 0.6 is 0 Å². The molecule has 1 aromatic heterocycles. The van der Waals surface area contributed by atoms with Crippen LogP contribution in [0.1, 0.15) is 49.4 Å². The Morgan fingerprint density at radius 1 is 0.900 bits per heavy atom. The van der Waals surface area contributed by atoms with Gasteiger partial charge in [-0.25, -0.2) is 0 Å². The lowest BCUT2D eigenvalue weighted by atomic mass is 9.97. The number of aryl methyl sites for hydroxylation is 1. The molecule has 0 amide bonds. The highest BCUT2D eigenvalue weighted by Gasteiger charge is 2.12. The third kappa shape index (κ3) is 3.91. The van der Waals surface area contributed by atoms with Gasteiger partial charge in [-0.15, -0.1) is 0 Å². The number of nitrogens with zero attached hydrogens (tertiary/aromatic N) is 1. The highest BCUT2D eigenvalue weighted by atomic mass is 14.9. The zero-order valence-electron chi connectivity index (χ0n) is 12.5. The molecule has 106 valence electrons. The number of hydrogen-bond acceptors (Lipinski definition) is 2. The minimum atomic E-state index is 0.258. The molecule has 2 aromatic rings. The number of hydrogen-bond donors (Lipinski definition) is 1. The lowest BCUT2D eigenvalue weighted by Gasteiger charge is -2.19. The average Bonchev–Trinajstić information content (AvgIpc) is 2.51. The summed E-state index contributed by atoms with van der Waals surface area (Å²) in [6, 6.07) is 13.4. The molecule has 1 unspecified atom stereocenters. The van der Waals surface area contributed by atoms with Gasteiger partial charge in [-0.2, -0.15) is 0 Å². The fourth-order valence-electron chi connectivity index (χ4n) is 2.44. The smallest absolute Gasteiger partial charge is 0.0577 e. The Kier molecular flexibility index (Phi) is 5.75. The van der Waals surface area contributed by atoms with Gasteiger partial charge in [-0.05, 0) is 48.2 Å². The predicted molar refractivity (Wildman–Crippen MR) is 84.8 cm³/mol. The maximum atomic E-state index is 4.11. The van der Waals surface area contributed by atoms with Gasteiger partial charge in [-0.1, -0.05) is 44.5 Å². The molecule has 0 radical (unpaired) electrons. The Labute approximate surface area is 122 Å². The summed E-state index contributed by atoms with van der Waals surface area (Å²) in [6.07, 6.45) is 7.21. The van der Waals surface area contributed by atoms with E-state index in [0.717, 1.165) is 19.4 Å². The van der Waals surface area contributed by atoms with Crippen LogP contribution in [0.4, 0.5) is 0 Å². The molecule has 2 nitrogen and oxygen atoms in total. The molecule has 1 atom stereocenters. The van der Waals surface area contributed by atoms with E-state index in [-0.39, 0.29) is 6.04 Å². The third-order valence-electron chi connectivity index (χ3n) is 3.49. The first kappa shape index (κ1) is 14.7. The van der Waals surface area contributed by atoms with Crippen LogP contribution in [-0.2, 0) is 6.42 Å². The first-order chi connectivity index (χ1) is 9.85. The summed E-state index contributed by atoms with van der Waals surface area (Å²) in [5.74, 6) is 0. The molecule has 1 aromatic carbocycles. The Morgan fingerprint density at radius 3 is 2.15 bits per heavy atom. The van der Waals surface area contributed by atoms with Gasteiger partial charge < -0.3 is 5.32 Å². The van der Waals surface area contributed by atoms with Crippen molar-refractivity contribution in [2.45, 2.75) is 39.2 Å². The standard InChI is InChI=1S/C18H24N2/c1-3-5-15-6-8-16(9-7-15)18(20-12-4-2)17-10-13-19-14-11-17/h6-11,13-14,18,20H,3-5,12H2,1-2H3. The predicted octanol–water partition coefficient (Wildman–Crippen LogP) is 4.12. The SMILES string of the molecule is CCCNC(c1ccncc1)c1ccc(CCC)cc1. The maximum Gasteiger partial charge on any atom is 0.0577 e. The summed E-state index contributed by atoms with van der Waals surface area (Å²) in [6.45, 7) is 5.43. The summed E-state index contributed by atoms with van der Waals surface area (Å²) in [7, 11) is 0. The molecule has 1 N–H and O–H groups in total. The zero-order chi connectivity index (χ0) is 14.2. The molecule has 20 heavy (non-hydrogen) atoms. The van der Waals surface area contributed by atoms with Crippen LogP contribution < -0.4 is 5.32 Å². The summed E-state index contributed by atoms with van der Waals surface area (Å²) < 4.78 is 0. The highest BCUT2D eigenvalue weighted by molar-refractivity contribution is 5.32. The molecule has 0 bridgehead atoms. The van der Waals surface area contributed by atoms with Gasteiger partial charge in [0.2, 0.25) is 0 Å². The minimum Gasteiger partial charge on any atom is -0.306 e. The van der Waals surface area contributed by atoms with Crippen LogP contribution in [0.5, 0.6) is 0 Å². The van der Waals surface area contributed by atoms with Gasteiger partial charge in [-0.3, -0.25) is 4.98 Å². The Hall–Kier alpha value is -1.67. The van der Waals surface area contributed by atoms with Crippen molar-refractivity contribution >= 4 is 0 Å². The van der Waals surface area contributed by atoms with Crippen molar-refractivity contribution in [2.24, 2.45) is 0 Å². The second-order valence-corrected chi connectivity index (χ2v) is 5.16. The van der Waals surface area contributed by atoms with E-state index in [4.69, 9.17) is 0 Å². The van der Waals surface area contributed by atoms with Crippen LogP contribution in [-0.4, -0.2) is 11.5 Å². The second-order valence-electron chi connectivity index (χ2n) is 5.16.